The average Bonchev–Trinajstić information content (AvgIpc) is 2.75. The standard InChI is InChI=1S/C12H12F3N3O2/c1-7-3-2-4-8(16)10(7)11-17-9(18-20-11)5-19-6-12(13,14)15/h2-4H,5-6,16H2,1H3. The lowest BCUT2D eigenvalue weighted by molar-refractivity contribution is -0.177. The number of aryl methyl sites for hydroxylation is 1. The molecule has 0 aliphatic rings. The summed E-state index contributed by atoms with van der Waals surface area (Å²) < 4.78 is 45.2. The zero-order valence-electron chi connectivity index (χ0n) is 10.6. The molecule has 0 radical (unpaired) electrons. The monoisotopic (exact) mass is 287 g/mol. The Labute approximate surface area is 112 Å². The van der Waals surface area contributed by atoms with E-state index in [1.54, 1.807) is 12.1 Å². The molecule has 20 heavy (non-hydrogen) atoms. The minimum Gasteiger partial charge on any atom is -0.398 e. The third-order valence-electron chi connectivity index (χ3n) is 2.48. The van der Waals surface area contributed by atoms with Gasteiger partial charge in [0.2, 0.25) is 0 Å². The number of nitrogens with two attached hydrogens (primary N) is 1. The Balaban J connectivity index is 2.09. The molecule has 0 fully saturated rings. The van der Waals surface area contributed by atoms with Gasteiger partial charge in [0.1, 0.15) is 13.2 Å². The second-order valence-corrected chi connectivity index (χ2v) is 4.16. The van der Waals surface area contributed by atoms with E-state index in [0.717, 1.165) is 5.56 Å². The van der Waals surface area contributed by atoms with Crippen LogP contribution in [0.25, 0.3) is 11.5 Å². The minimum atomic E-state index is -4.38. The third-order valence-corrected chi connectivity index (χ3v) is 2.48. The lowest BCUT2D eigenvalue weighted by atomic mass is 10.1. The Morgan fingerprint density at radius 2 is 2.10 bits per heavy atom. The van der Waals surface area contributed by atoms with Gasteiger partial charge in [-0.2, -0.15) is 18.2 Å². The first kappa shape index (κ1) is 14.3. The molecule has 2 N–H and O–H groups in total. The Kier molecular flexibility index (Phi) is 3.93. The summed E-state index contributed by atoms with van der Waals surface area (Å²) in [5, 5.41) is 3.56. The van der Waals surface area contributed by atoms with Crippen LogP contribution in [0, 0.1) is 6.92 Å². The van der Waals surface area contributed by atoms with Gasteiger partial charge in [0.15, 0.2) is 5.82 Å². The van der Waals surface area contributed by atoms with Crippen LogP contribution in [0.15, 0.2) is 22.7 Å². The highest BCUT2D eigenvalue weighted by atomic mass is 19.4. The molecule has 0 bridgehead atoms. The summed E-state index contributed by atoms with van der Waals surface area (Å²) >= 11 is 0. The minimum absolute atomic E-state index is 0.0342. The summed E-state index contributed by atoms with van der Waals surface area (Å²) in [6.45, 7) is 0.0773. The number of nitrogen functional groups attached to an aromatic ring is 1. The first-order valence-corrected chi connectivity index (χ1v) is 5.69. The fourth-order valence-electron chi connectivity index (χ4n) is 1.65. The van der Waals surface area contributed by atoms with Crippen molar-refractivity contribution >= 4 is 5.69 Å². The molecule has 0 saturated carbocycles. The van der Waals surface area contributed by atoms with Gasteiger partial charge in [-0.25, -0.2) is 0 Å². The Morgan fingerprint density at radius 1 is 1.35 bits per heavy atom. The van der Waals surface area contributed by atoms with Gasteiger partial charge in [-0.3, -0.25) is 0 Å². The van der Waals surface area contributed by atoms with Crippen LogP contribution >= 0.6 is 0 Å². The highest BCUT2D eigenvalue weighted by molar-refractivity contribution is 5.73. The van der Waals surface area contributed by atoms with Crippen LogP contribution in [0.2, 0.25) is 0 Å². The number of alkyl halides is 3. The highest BCUT2D eigenvalue weighted by Crippen LogP contribution is 2.27. The fourth-order valence-corrected chi connectivity index (χ4v) is 1.65. The molecular weight excluding hydrogens is 275 g/mol. The molecule has 108 valence electrons. The SMILES string of the molecule is Cc1cccc(N)c1-c1nc(COCC(F)(F)F)no1. The Bertz CT molecular complexity index is 576. The second kappa shape index (κ2) is 5.49. The van der Waals surface area contributed by atoms with Crippen LogP contribution in [0.1, 0.15) is 11.4 Å². The molecule has 0 aliphatic carbocycles. The first-order chi connectivity index (χ1) is 9.37. The molecule has 0 amide bonds. The molecule has 1 aromatic heterocycles. The number of halogens is 3. The third kappa shape index (κ3) is 3.47. The van der Waals surface area contributed by atoms with Crippen molar-refractivity contribution in [3.8, 4) is 11.5 Å². The number of aromatic nitrogens is 2. The first-order valence-electron chi connectivity index (χ1n) is 5.69. The normalized spacial score (nSPS) is 11.8. The van der Waals surface area contributed by atoms with Gasteiger partial charge < -0.3 is 15.0 Å². The quantitative estimate of drug-likeness (QED) is 0.875. The van der Waals surface area contributed by atoms with Crippen LogP contribution in [0.3, 0.4) is 0 Å². The number of hydrogen-bond acceptors (Lipinski definition) is 5. The van der Waals surface area contributed by atoms with E-state index in [-0.39, 0.29) is 18.3 Å². The molecule has 0 spiro atoms. The fraction of sp³-hybridized carbons (Fsp3) is 0.333. The molecule has 8 heteroatoms. The predicted molar refractivity (Wildman–Crippen MR) is 64.6 cm³/mol. The van der Waals surface area contributed by atoms with E-state index in [1.165, 1.54) is 0 Å². The molecule has 0 aliphatic heterocycles. The smallest absolute Gasteiger partial charge is 0.398 e. The van der Waals surface area contributed by atoms with Crippen LogP contribution < -0.4 is 5.73 Å². The molecule has 0 atom stereocenters. The summed E-state index contributed by atoms with van der Waals surface area (Å²) in [5.74, 6) is 0.193. The van der Waals surface area contributed by atoms with Gasteiger partial charge in [-0.05, 0) is 18.6 Å². The summed E-state index contributed by atoms with van der Waals surface area (Å²) in [5.41, 5.74) is 7.67. The largest absolute Gasteiger partial charge is 0.411 e. The summed E-state index contributed by atoms with van der Waals surface area (Å²) in [6, 6.07) is 5.26. The van der Waals surface area contributed by atoms with E-state index < -0.39 is 12.8 Å². The number of ether oxygens (including phenoxy) is 1. The van der Waals surface area contributed by atoms with Gasteiger partial charge in [0.25, 0.3) is 5.89 Å². The molecule has 1 heterocycles. The average molecular weight is 287 g/mol. The highest BCUT2D eigenvalue weighted by Gasteiger charge is 2.27. The zero-order chi connectivity index (χ0) is 14.8. The van der Waals surface area contributed by atoms with E-state index in [0.29, 0.717) is 11.3 Å². The maximum atomic E-state index is 11.9. The number of benzene rings is 1. The van der Waals surface area contributed by atoms with Crippen molar-refractivity contribution in [3.63, 3.8) is 0 Å². The van der Waals surface area contributed by atoms with Gasteiger partial charge in [0, 0.05) is 5.69 Å². The number of nitrogens with zero attached hydrogens (tertiary/aromatic N) is 2. The van der Waals surface area contributed by atoms with Gasteiger partial charge in [-0.15, -0.1) is 0 Å². The molecule has 2 aromatic rings. The molecule has 5 nitrogen and oxygen atoms in total. The van der Waals surface area contributed by atoms with E-state index in [1.807, 2.05) is 13.0 Å². The van der Waals surface area contributed by atoms with E-state index in [4.69, 9.17) is 10.3 Å². The summed E-state index contributed by atoms with van der Waals surface area (Å²) in [4.78, 5) is 3.97. The van der Waals surface area contributed by atoms with Crippen LogP contribution in [0.5, 0.6) is 0 Å². The van der Waals surface area contributed by atoms with E-state index >= 15 is 0 Å². The van der Waals surface area contributed by atoms with E-state index in [9.17, 15) is 13.2 Å². The van der Waals surface area contributed by atoms with Crippen molar-refractivity contribution in [1.82, 2.24) is 10.1 Å². The predicted octanol–water partition coefficient (Wildman–Crippen LogP) is 2.71. The number of rotatable bonds is 4. The van der Waals surface area contributed by atoms with Gasteiger partial charge in [-0.1, -0.05) is 17.3 Å². The zero-order valence-corrected chi connectivity index (χ0v) is 10.6. The van der Waals surface area contributed by atoms with Crippen LogP contribution in [0.4, 0.5) is 18.9 Å². The number of hydrogen-bond donors (Lipinski definition) is 1. The maximum absolute atomic E-state index is 11.9. The Morgan fingerprint density at radius 3 is 2.75 bits per heavy atom. The molecule has 0 saturated heterocycles. The maximum Gasteiger partial charge on any atom is 0.411 e. The molecule has 0 unspecified atom stereocenters. The van der Waals surface area contributed by atoms with Crippen molar-refractivity contribution in [2.24, 2.45) is 0 Å². The van der Waals surface area contributed by atoms with Crippen LogP contribution in [-0.2, 0) is 11.3 Å². The number of anilines is 1. The van der Waals surface area contributed by atoms with Crippen molar-refractivity contribution in [2.75, 3.05) is 12.3 Å². The molecule has 1 aromatic carbocycles. The van der Waals surface area contributed by atoms with Gasteiger partial charge in [0.05, 0.1) is 5.56 Å². The molecule has 2 rings (SSSR count). The van der Waals surface area contributed by atoms with Crippen molar-refractivity contribution < 1.29 is 22.4 Å². The van der Waals surface area contributed by atoms with Crippen molar-refractivity contribution in [3.05, 3.63) is 29.6 Å². The summed E-state index contributed by atoms with van der Waals surface area (Å²) in [7, 11) is 0. The topological polar surface area (TPSA) is 74.2 Å². The van der Waals surface area contributed by atoms with Gasteiger partial charge >= 0.3 is 6.18 Å². The van der Waals surface area contributed by atoms with Crippen LogP contribution in [-0.4, -0.2) is 22.9 Å². The summed E-state index contributed by atoms with van der Waals surface area (Å²) in [6.07, 6.45) is -4.38. The van der Waals surface area contributed by atoms with Crippen molar-refractivity contribution in [1.29, 1.82) is 0 Å². The second-order valence-electron chi connectivity index (χ2n) is 4.16. The Hall–Kier alpha value is -2.09. The lowest BCUT2D eigenvalue weighted by Crippen LogP contribution is -2.16. The van der Waals surface area contributed by atoms with E-state index in [2.05, 4.69) is 14.9 Å². The lowest BCUT2D eigenvalue weighted by Gasteiger charge is -2.05. The molecular formula is C12H12F3N3O2. The van der Waals surface area contributed by atoms with Crippen molar-refractivity contribution in [2.45, 2.75) is 19.7 Å².